The van der Waals surface area contributed by atoms with Gasteiger partial charge in [-0.1, -0.05) is 42.5 Å². The van der Waals surface area contributed by atoms with Crippen molar-refractivity contribution < 1.29 is 9.18 Å². The number of halogens is 1. The maximum absolute atomic E-state index is 13.2. The first kappa shape index (κ1) is 17.2. The summed E-state index contributed by atoms with van der Waals surface area (Å²) in [6.45, 7) is 2.29. The Kier molecular flexibility index (Phi) is 4.74. The number of benzene rings is 2. The van der Waals surface area contributed by atoms with Gasteiger partial charge in [0.15, 0.2) is 0 Å². The molecule has 2 fully saturated rings. The second-order valence-corrected chi connectivity index (χ2v) is 7.22. The zero-order valence-electron chi connectivity index (χ0n) is 14.7. The topological polar surface area (TPSA) is 44.4 Å². The Morgan fingerprint density at radius 1 is 1.00 bits per heavy atom. The van der Waals surface area contributed by atoms with Crippen LogP contribution in [0.3, 0.4) is 0 Å². The van der Waals surface area contributed by atoms with Gasteiger partial charge in [0.1, 0.15) is 5.82 Å². The lowest BCUT2D eigenvalue weighted by atomic mass is 9.96. The smallest absolute Gasteiger partial charge is 0.241 e. The average Bonchev–Trinajstić information content (AvgIpc) is 2.90. The second-order valence-electron chi connectivity index (χ2n) is 7.22. The van der Waals surface area contributed by atoms with Gasteiger partial charge in [-0.25, -0.2) is 4.39 Å². The number of nitrogens with zero attached hydrogens (tertiary/aromatic N) is 1. The fraction of sp³-hybridized carbons (Fsp3) is 0.381. The van der Waals surface area contributed by atoms with Crippen molar-refractivity contribution >= 4 is 5.91 Å². The highest BCUT2D eigenvalue weighted by atomic mass is 19.1. The molecular formula is C21H24FN3O. The van der Waals surface area contributed by atoms with Crippen LogP contribution in [0.4, 0.5) is 4.39 Å². The summed E-state index contributed by atoms with van der Waals surface area (Å²) in [6.07, 6.45) is 2.45. The molecule has 1 amide bonds. The van der Waals surface area contributed by atoms with Crippen LogP contribution in [0.15, 0.2) is 54.6 Å². The van der Waals surface area contributed by atoms with Crippen LogP contribution in [0.1, 0.15) is 24.0 Å². The molecule has 2 heterocycles. The highest BCUT2D eigenvalue weighted by Gasteiger charge is 2.50. The molecule has 2 aliphatic heterocycles. The quantitative estimate of drug-likeness (QED) is 0.887. The normalized spacial score (nSPS) is 22.1. The molecule has 1 unspecified atom stereocenters. The molecule has 26 heavy (non-hydrogen) atoms. The number of hydrogen-bond donors (Lipinski definition) is 2. The summed E-state index contributed by atoms with van der Waals surface area (Å²) in [6, 6.07) is 16.4. The van der Waals surface area contributed by atoms with Crippen molar-refractivity contribution in [1.82, 2.24) is 15.5 Å². The van der Waals surface area contributed by atoms with Crippen LogP contribution in [-0.4, -0.2) is 35.6 Å². The van der Waals surface area contributed by atoms with Crippen LogP contribution in [0.5, 0.6) is 0 Å². The number of hydrogen-bond acceptors (Lipinski definition) is 3. The molecule has 4 nitrogen and oxygen atoms in total. The van der Waals surface area contributed by atoms with E-state index in [-0.39, 0.29) is 23.4 Å². The summed E-state index contributed by atoms with van der Waals surface area (Å²) in [5.41, 5.74) is 1.81. The Balaban J connectivity index is 1.58. The number of rotatable bonds is 4. The van der Waals surface area contributed by atoms with Crippen molar-refractivity contribution in [1.29, 1.82) is 0 Å². The minimum atomic E-state index is -0.309. The van der Waals surface area contributed by atoms with Crippen LogP contribution < -0.4 is 10.6 Å². The molecule has 2 aromatic carbocycles. The average molecular weight is 353 g/mol. The molecule has 136 valence electrons. The fourth-order valence-corrected chi connectivity index (χ4v) is 4.11. The van der Waals surface area contributed by atoms with Crippen molar-refractivity contribution in [2.75, 3.05) is 13.1 Å². The molecule has 2 N–H and O–H groups in total. The first-order valence-corrected chi connectivity index (χ1v) is 9.25. The maximum atomic E-state index is 13.2. The summed E-state index contributed by atoms with van der Waals surface area (Å²) in [5.74, 6) is -0.113. The maximum Gasteiger partial charge on any atom is 0.241 e. The minimum Gasteiger partial charge on any atom is -0.319 e. The Morgan fingerprint density at radius 3 is 2.38 bits per heavy atom. The molecule has 1 atom stereocenters. The van der Waals surface area contributed by atoms with Crippen LogP contribution in [0.2, 0.25) is 0 Å². The van der Waals surface area contributed by atoms with E-state index in [0.717, 1.165) is 37.1 Å². The lowest BCUT2D eigenvalue weighted by Gasteiger charge is -2.41. The third-order valence-corrected chi connectivity index (χ3v) is 5.49. The van der Waals surface area contributed by atoms with Crippen molar-refractivity contribution in [2.45, 2.75) is 37.5 Å². The molecule has 1 spiro atoms. The largest absolute Gasteiger partial charge is 0.319 e. The molecule has 4 rings (SSSR count). The van der Waals surface area contributed by atoms with Gasteiger partial charge in [0.2, 0.25) is 5.91 Å². The number of piperidine rings is 1. The Labute approximate surface area is 153 Å². The molecule has 0 aliphatic carbocycles. The van der Waals surface area contributed by atoms with E-state index in [0.29, 0.717) is 13.0 Å². The third kappa shape index (κ3) is 3.37. The molecule has 5 heteroatoms. The van der Waals surface area contributed by atoms with Crippen LogP contribution in [0.25, 0.3) is 0 Å². The monoisotopic (exact) mass is 353 g/mol. The van der Waals surface area contributed by atoms with Crippen LogP contribution >= 0.6 is 0 Å². The lowest BCUT2D eigenvalue weighted by Crippen LogP contribution is -2.58. The summed E-state index contributed by atoms with van der Waals surface area (Å²) < 4.78 is 13.2. The highest BCUT2D eigenvalue weighted by molar-refractivity contribution is 5.85. The van der Waals surface area contributed by atoms with Crippen LogP contribution in [-0.2, 0) is 17.8 Å². The standard InChI is InChI=1S/C21H24FN3O/c22-18-8-6-17(7-9-18)15-25-20(26)19(14-16-4-2-1-3-5-16)24-21(25)10-12-23-13-11-21/h1-9,19,23-24H,10-15H2. The van der Waals surface area contributed by atoms with E-state index >= 15 is 0 Å². The molecule has 0 aromatic heterocycles. The second kappa shape index (κ2) is 7.17. The molecule has 2 aromatic rings. The lowest BCUT2D eigenvalue weighted by molar-refractivity contribution is -0.133. The van der Waals surface area contributed by atoms with Gasteiger partial charge in [0, 0.05) is 6.54 Å². The van der Waals surface area contributed by atoms with Gasteiger partial charge in [0.25, 0.3) is 0 Å². The van der Waals surface area contributed by atoms with Gasteiger partial charge in [0.05, 0.1) is 11.7 Å². The van der Waals surface area contributed by atoms with Crippen molar-refractivity contribution in [3.63, 3.8) is 0 Å². The highest BCUT2D eigenvalue weighted by Crippen LogP contribution is 2.32. The van der Waals surface area contributed by atoms with Crippen molar-refractivity contribution in [2.24, 2.45) is 0 Å². The summed E-state index contributed by atoms with van der Waals surface area (Å²) in [4.78, 5) is 15.2. The van der Waals surface area contributed by atoms with E-state index in [1.54, 1.807) is 12.1 Å². The van der Waals surface area contributed by atoms with Crippen molar-refractivity contribution in [3.05, 3.63) is 71.5 Å². The Bertz CT molecular complexity index is 757. The molecule has 0 radical (unpaired) electrons. The summed E-state index contributed by atoms with van der Waals surface area (Å²) in [7, 11) is 0. The van der Waals surface area contributed by atoms with E-state index in [1.165, 1.54) is 12.1 Å². The predicted molar refractivity (Wildman–Crippen MR) is 98.9 cm³/mol. The summed E-state index contributed by atoms with van der Waals surface area (Å²) >= 11 is 0. The number of amides is 1. The molecule has 0 bridgehead atoms. The Morgan fingerprint density at radius 2 is 1.69 bits per heavy atom. The SMILES string of the molecule is O=C1C(Cc2ccccc2)NC2(CCNCC2)N1Cc1ccc(F)cc1. The zero-order chi connectivity index (χ0) is 18.0. The van der Waals surface area contributed by atoms with Gasteiger partial charge in [-0.05, 0) is 55.6 Å². The first-order valence-electron chi connectivity index (χ1n) is 9.25. The number of carbonyl (C=O) groups is 1. The first-order chi connectivity index (χ1) is 12.7. The zero-order valence-corrected chi connectivity index (χ0v) is 14.7. The number of carbonyl (C=O) groups excluding carboxylic acids is 1. The number of nitrogens with one attached hydrogen (secondary N) is 2. The van der Waals surface area contributed by atoms with Gasteiger partial charge in [-0.3, -0.25) is 10.1 Å². The van der Waals surface area contributed by atoms with E-state index in [4.69, 9.17) is 0 Å². The van der Waals surface area contributed by atoms with E-state index < -0.39 is 0 Å². The van der Waals surface area contributed by atoms with E-state index in [1.807, 2.05) is 23.1 Å². The van der Waals surface area contributed by atoms with Crippen LogP contribution in [0, 0.1) is 5.82 Å². The van der Waals surface area contributed by atoms with E-state index in [9.17, 15) is 9.18 Å². The molecule has 2 aliphatic rings. The van der Waals surface area contributed by atoms with E-state index in [2.05, 4.69) is 22.8 Å². The Hall–Kier alpha value is -2.24. The van der Waals surface area contributed by atoms with Gasteiger partial charge >= 0.3 is 0 Å². The van der Waals surface area contributed by atoms with Gasteiger partial charge < -0.3 is 10.2 Å². The molecule has 2 saturated heterocycles. The third-order valence-electron chi connectivity index (χ3n) is 5.49. The molecule has 0 saturated carbocycles. The summed E-state index contributed by atoms with van der Waals surface area (Å²) in [5, 5.41) is 7.03. The van der Waals surface area contributed by atoms with Gasteiger partial charge in [-0.15, -0.1) is 0 Å². The fourth-order valence-electron chi connectivity index (χ4n) is 4.11. The predicted octanol–water partition coefficient (Wildman–Crippen LogP) is 2.45. The van der Waals surface area contributed by atoms with Gasteiger partial charge in [-0.2, -0.15) is 0 Å². The van der Waals surface area contributed by atoms with Crippen molar-refractivity contribution in [3.8, 4) is 0 Å². The molecular weight excluding hydrogens is 329 g/mol. The minimum absolute atomic E-state index is 0.139.